The Morgan fingerprint density at radius 2 is 1.96 bits per heavy atom. The molecule has 0 saturated heterocycles. The molecule has 0 bridgehead atoms. The van der Waals surface area contributed by atoms with E-state index in [1.807, 2.05) is 0 Å². The van der Waals surface area contributed by atoms with E-state index in [1.54, 1.807) is 38.4 Å². The van der Waals surface area contributed by atoms with Crippen molar-refractivity contribution >= 4 is 17.6 Å². The molecule has 0 saturated carbocycles. The lowest BCUT2D eigenvalue weighted by Crippen LogP contribution is -2.15. The average molecular weight is 353 g/mol. The van der Waals surface area contributed by atoms with Crippen molar-refractivity contribution in [1.29, 1.82) is 0 Å². The minimum absolute atomic E-state index is 0.144. The maximum absolute atomic E-state index is 14.4. The monoisotopic (exact) mass is 353 g/mol. The van der Waals surface area contributed by atoms with Crippen LogP contribution in [0.5, 0.6) is 0 Å². The van der Waals surface area contributed by atoms with Gasteiger partial charge in [0.25, 0.3) is 5.91 Å². The van der Waals surface area contributed by atoms with Crippen molar-refractivity contribution in [3.63, 3.8) is 0 Å². The number of aryl methyl sites for hydroxylation is 1. The molecule has 0 unspecified atom stereocenters. The van der Waals surface area contributed by atoms with Gasteiger partial charge in [0.1, 0.15) is 11.6 Å². The number of nitrogens with zero attached hydrogens (tertiary/aromatic N) is 3. The fourth-order valence-corrected chi connectivity index (χ4v) is 2.46. The molecule has 132 valence electrons. The van der Waals surface area contributed by atoms with Crippen LogP contribution in [-0.4, -0.2) is 26.6 Å². The number of nitrogens with two attached hydrogens (primary N) is 1. The summed E-state index contributed by atoms with van der Waals surface area (Å²) in [5.41, 5.74) is 6.82. The van der Waals surface area contributed by atoms with E-state index in [4.69, 9.17) is 5.73 Å². The Morgan fingerprint density at radius 1 is 1.19 bits per heavy atom. The summed E-state index contributed by atoms with van der Waals surface area (Å²) in [6, 6.07) is 7.42. The summed E-state index contributed by atoms with van der Waals surface area (Å²) in [5.74, 6) is -1.11. The van der Waals surface area contributed by atoms with Crippen LogP contribution >= 0.6 is 0 Å². The number of hydrogen-bond acceptors (Lipinski definition) is 4. The lowest BCUT2D eigenvalue weighted by atomic mass is 10.00. The fraction of sp³-hybridized carbons (Fsp3) is 0.111. The first-order valence-electron chi connectivity index (χ1n) is 7.72. The summed E-state index contributed by atoms with van der Waals surface area (Å²) >= 11 is 0. The van der Waals surface area contributed by atoms with Gasteiger partial charge in [-0.2, -0.15) is 5.10 Å². The van der Waals surface area contributed by atoms with Gasteiger partial charge in [-0.05, 0) is 36.8 Å². The third-order valence-corrected chi connectivity index (χ3v) is 3.99. The molecule has 3 N–H and O–H groups in total. The zero-order valence-electron chi connectivity index (χ0n) is 14.2. The number of aromatic nitrogens is 3. The van der Waals surface area contributed by atoms with Gasteiger partial charge in [-0.3, -0.25) is 19.3 Å². The summed E-state index contributed by atoms with van der Waals surface area (Å²) < 4.78 is 15.8. The quantitative estimate of drug-likeness (QED) is 0.751. The number of nitrogens with one attached hydrogen (secondary N) is 1. The van der Waals surface area contributed by atoms with Crippen LogP contribution in [0.4, 0.5) is 10.2 Å². The highest BCUT2D eigenvalue weighted by atomic mass is 19.1. The number of carbonyl (C=O) groups is 2. The second kappa shape index (κ2) is 6.75. The van der Waals surface area contributed by atoms with Crippen LogP contribution in [-0.2, 0) is 7.05 Å². The molecule has 1 aromatic carbocycles. The zero-order valence-corrected chi connectivity index (χ0v) is 14.2. The molecule has 0 aliphatic rings. The van der Waals surface area contributed by atoms with E-state index < -0.39 is 17.6 Å². The predicted molar refractivity (Wildman–Crippen MR) is 94.0 cm³/mol. The number of rotatable bonds is 4. The summed E-state index contributed by atoms with van der Waals surface area (Å²) in [5, 5.41) is 6.63. The summed E-state index contributed by atoms with van der Waals surface area (Å²) in [4.78, 5) is 27.8. The van der Waals surface area contributed by atoms with Gasteiger partial charge in [0.2, 0.25) is 5.91 Å². The lowest BCUT2D eigenvalue weighted by Gasteiger charge is -2.11. The lowest BCUT2D eigenvalue weighted by molar-refractivity contribution is 0.0997. The Labute approximate surface area is 148 Å². The van der Waals surface area contributed by atoms with Crippen LogP contribution in [0.2, 0.25) is 0 Å². The number of halogens is 1. The van der Waals surface area contributed by atoms with Gasteiger partial charge in [-0.25, -0.2) is 4.39 Å². The van der Waals surface area contributed by atoms with Crippen molar-refractivity contribution in [3.05, 3.63) is 65.2 Å². The highest BCUT2D eigenvalue weighted by Crippen LogP contribution is 2.26. The number of primary amides is 1. The Bertz CT molecular complexity index is 995. The van der Waals surface area contributed by atoms with Crippen LogP contribution < -0.4 is 11.1 Å². The zero-order chi connectivity index (χ0) is 18.8. The van der Waals surface area contributed by atoms with Crippen molar-refractivity contribution in [3.8, 4) is 11.3 Å². The van der Waals surface area contributed by atoms with E-state index in [-0.39, 0.29) is 11.1 Å². The van der Waals surface area contributed by atoms with E-state index in [1.165, 1.54) is 23.0 Å². The van der Waals surface area contributed by atoms with Crippen molar-refractivity contribution in [2.45, 2.75) is 6.92 Å². The molecule has 2 aromatic heterocycles. The van der Waals surface area contributed by atoms with Gasteiger partial charge in [0.05, 0.1) is 17.5 Å². The van der Waals surface area contributed by atoms with Gasteiger partial charge in [-0.1, -0.05) is 0 Å². The van der Waals surface area contributed by atoms with Gasteiger partial charge < -0.3 is 11.1 Å². The minimum Gasteiger partial charge on any atom is -0.366 e. The maximum Gasteiger partial charge on any atom is 0.256 e. The highest BCUT2D eigenvalue weighted by molar-refractivity contribution is 6.04. The van der Waals surface area contributed by atoms with E-state index >= 15 is 0 Å². The standard InChI is InChI=1S/C18H16FN5O2/c1-10-13(15-4-3-11(9-21-15)17(20)25)7-12(8-14(10)19)18(26)23-16-5-6-22-24(16)2/h3-9H,1-2H3,(H2,20,25)(H,23,26). The number of carbonyl (C=O) groups excluding carboxylic acids is 2. The minimum atomic E-state index is -0.601. The number of hydrogen-bond donors (Lipinski definition) is 2. The molecule has 8 heteroatoms. The van der Waals surface area contributed by atoms with Crippen molar-refractivity contribution in [2.24, 2.45) is 12.8 Å². The van der Waals surface area contributed by atoms with Crippen LogP contribution in [0, 0.1) is 12.7 Å². The van der Waals surface area contributed by atoms with Crippen molar-refractivity contribution in [1.82, 2.24) is 14.8 Å². The molecular formula is C18H16FN5O2. The van der Waals surface area contributed by atoms with E-state index in [2.05, 4.69) is 15.4 Å². The van der Waals surface area contributed by atoms with E-state index in [0.29, 0.717) is 22.6 Å². The Balaban J connectivity index is 1.97. The van der Waals surface area contributed by atoms with Crippen LogP contribution in [0.25, 0.3) is 11.3 Å². The normalized spacial score (nSPS) is 10.6. The molecule has 0 aliphatic heterocycles. The summed E-state index contributed by atoms with van der Waals surface area (Å²) in [6.07, 6.45) is 2.86. The molecule has 2 heterocycles. The second-order valence-corrected chi connectivity index (χ2v) is 5.72. The highest BCUT2D eigenvalue weighted by Gasteiger charge is 2.16. The SMILES string of the molecule is Cc1c(F)cc(C(=O)Nc2ccnn2C)cc1-c1ccc(C(N)=O)cn1. The number of benzene rings is 1. The first-order valence-corrected chi connectivity index (χ1v) is 7.72. The van der Waals surface area contributed by atoms with Crippen LogP contribution in [0.1, 0.15) is 26.3 Å². The van der Waals surface area contributed by atoms with Crippen LogP contribution in [0.3, 0.4) is 0 Å². The molecule has 26 heavy (non-hydrogen) atoms. The Hall–Kier alpha value is -3.55. The average Bonchev–Trinajstić information content (AvgIpc) is 3.02. The maximum atomic E-state index is 14.4. The van der Waals surface area contributed by atoms with E-state index in [0.717, 1.165) is 0 Å². The molecule has 0 spiro atoms. The van der Waals surface area contributed by atoms with Gasteiger partial charge in [0, 0.05) is 30.4 Å². The Kier molecular flexibility index (Phi) is 4.49. The number of amides is 2. The first-order chi connectivity index (χ1) is 12.4. The fourth-order valence-electron chi connectivity index (χ4n) is 2.46. The third-order valence-electron chi connectivity index (χ3n) is 3.99. The first kappa shape index (κ1) is 17.3. The molecule has 3 aromatic rings. The molecule has 2 amide bonds. The smallest absolute Gasteiger partial charge is 0.256 e. The van der Waals surface area contributed by atoms with Gasteiger partial charge in [-0.15, -0.1) is 0 Å². The van der Waals surface area contributed by atoms with Gasteiger partial charge >= 0.3 is 0 Å². The summed E-state index contributed by atoms with van der Waals surface area (Å²) in [6.45, 7) is 1.59. The molecule has 0 radical (unpaired) electrons. The number of anilines is 1. The summed E-state index contributed by atoms with van der Waals surface area (Å²) in [7, 11) is 1.68. The Morgan fingerprint density at radius 3 is 2.54 bits per heavy atom. The van der Waals surface area contributed by atoms with Crippen molar-refractivity contribution < 1.29 is 14.0 Å². The largest absolute Gasteiger partial charge is 0.366 e. The van der Waals surface area contributed by atoms with Gasteiger partial charge in [0.15, 0.2) is 0 Å². The number of pyridine rings is 1. The molecule has 0 atom stereocenters. The predicted octanol–water partition coefficient (Wildman–Crippen LogP) is 2.28. The molecular weight excluding hydrogens is 337 g/mol. The topological polar surface area (TPSA) is 103 Å². The second-order valence-electron chi connectivity index (χ2n) is 5.72. The van der Waals surface area contributed by atoms with Crippen LogP contribution in [0.15, 0.2) is 42.7 Å². The molecule has 7 nitrogen and oxygen atoms in total. The molecule has 3 rings (SSSR count). The third kappa shape index (κ3) is 3.30. The molecule has 0 aliphatic carbocycles. The van der Waals surface area contributed by atoms with E-state index in [9.17, 15) is 14.0 Å². The molecule has 0 fully saturated rings. The van der Waals surface area contributed by atoms with Crippen molar-refractivity contribution in [2.75, 3.05) is 5.32 Å².